The number of benzene rings is 2. The third-order valence-corrected chi connectivity index (χ3v) is 14.0. The number of amides is 1. The number of carbonyl (C=O) groups is 1. The van der Waals surface area contributed by atoms with E-state index in [1.165, 1.54) is 19.5 Å². The van der Waals surface area contributed by atoms with Gasteiger partial charge in [0.15, 0.2) is 0 Å². The lowest BCUT2D eigenvalue weighted by atomic mass is 10.0. The van der Waals surface area contributed by atoms with Crippen LogP contribution >= 0.6 is 0 Å². The number of anilines is 3. The van der Waals surface area contributed by atoms with Gasteiger partial charge in [-0.05, 0) is 67.8 Å². The zero-order valence-corrected chi connectivity index (χ0v) is 34.0. The molecule has 0 radical (unpaired) electrons. The number of aromatic nitrogens is 3. The average molecular weight is 798 g/mol. The summed E-state index contributed by atoms with van der Waals surface area (Å²) in [6, 6.07) is 14.3. The molecule has 2 aliphatic heterocycles. The maximum absolute atomic E-state index is 16.5. The van der Waals surface area contributed by atoms with Gasteiger partial charge in [0, 0.05) is 65.3 Å². The van der Waals surface area contributed by atoms with Crippen molar-refractivity contribution in [2.24, 2.45) is 0 Å². The molecule has 1 unspecified atom stereocenters. The van der Waals surface area contributed by atoms with E-state index in [1.54, 1.807) is 31.2 Å². The summed E-state index contributed by atoms with van der Waals surface area (Å²) in [6.45, 7) is 12.5. The summed E-state index contributed by atoms with van der Waals surface area (Å²) in [5.74, 6) is 0.116. The molecule has 4 aromatic rings. The van der Waals surface area contributed by atoms with Crippen LogP contribution < -0.4 is 19.4 Å². The highest BCUT2D eigenvalue weighted by Crippen LogP contribution is 2.37. The monoisotopic (exact) mass is 797 g/mol. The summed E-state index contributed by atoms with van der Waals surface area (Å²) < 4.78 is 65.2. The zero-order chi connectivity index (χ0) is 39.3. The third-order valence-electron chi connectivity index (χ3n) is 10.2. The smallest absolute Gasteiger partial charge is 0.404 e. The van der Waals surface area contributed by atoms with E-state index >= 15 is 4.39 Å². The Hall–Kier alpha value is -4.29. The number of hydrogen-bond donors (Lipinski definition) is 2. The van der Waals surface area contributed by atoms with E-state index in [0.29, 0.717) is 62.9 Å². The number of morpholine rings is 1. The van der Waals surface area contributed by atoms with E-state index in [0.717, 1.165) is 40.1 Å². The van der Waals surface area contributed by atoms with Crippen LogP contribution in [0.5, 0.6) is 0 Å². The molecule has 0 aliphatic carbocycles. The van der Waals surface area contributed by atoms with Crippen LogP contribution in [0.1, 0.15) is 30.6 Å². The standard InChI is InChI=1S/C38H52FN7O7SSi/c1-27(28-8-6-10-30(20-28)44-13-7-9-29(23-44)42-38(47)48)54(49,50)46(26-51-2)31-11-12-32(34(39)21-31)35-22-33-36(43-14-16-52-17-15-43)40-24-41-37(33)45(35)25-53-18-19-55(3,4)5/h6,8,10-12,20-22,24,27,29,42H,7,9,13-19,23,25-26H2,1-5H3,(H,47,48)/t27?,29-/m1/s1. The first-order valence-corrected chi connectivity index (χ1v) is 23.9. The molecule has 0 spiro atoms. The third kappa shape index (κ3) is 9.40. The molecular weight excluding hydrogens is 746 g/mol. The van der Waals surface area contributed by atoms with Gasteiger partial charge < -0.3 is 39.0 Å². The van der Waals surface area contributed by atoms with Gasteiger partial charge in [-0.1, -0.05) is 31.8 Å². The minimum absolute atomic E-state index is 0.118. The largest absolute Gasteiger partial charge is 0.465 e. The number of halogens is 1. The topological polar surface area (TPSA) is 152 Å². The summed E-state index contributed by atoms with van der Waals surface area (Å²) in [7, 11) is -4.11. The molecule has 0 bridgehead atoms. The fraction of sp³-hybridized carbons (Fsp3) is 0.500. The number of ether oxygens (including phenoxy) is 3. The summed E-state index contributed by atoms with van der Waals surface area (Å²) in [6.07, 6.45) is 1.96. The fourth-order valence-corrected chi connectivity index (χ4v) is 9.37. The highest BCUT2D eigenvalue weighted by Gasteiger charge is 2.32. The molecule has 2 aliphatic rings. The van der Waals surface area contributed by atoms with Crippen LogP contribution in [0.15, 0.2) is 54.9 Å². The molecule has 55 heavy (non-hydrogen) atoms. The number of rotatable bonds is 15. The summed E-state index contributed by atoms with van der Waals surface area (Å²) in [4.78, 5) is 24.7. The van der Waals surface area contributed by atoms with Crippen molar-refractivity contribution in [2.75, 3.05) is 73.9 Å². The molecule has 2 atom stereocenters. The van der Waals surface area contributed by atoms with Crippen LogP contribution in [0, 0.1) is 5.82 Å². The van der Waals surface area contributed by atoms with Crippen LogP contribution in [-0.2, 0) is 31.0 Å². The number of methoxy groups -OCH3 is 1. The van der Waals surface area contributed by atoms with Gasteiger partial charge in [-0.15, -0.1) is 0 Å². The number of fused-ring (bicyclic) bond motifs is 1. The van der Waals surface area contributed by atoms with Crippen molar-refractivity contribution in [2.45, 2.75) is 63.5 Å². The normalized spacial score (nSPS) is 17.4. The molecule has 298 valence electrons. The Bertz CT molecular complexity index is 2070. The van der Waals surface area contributed by atoms with Gasteiger partial charge in [-0.25, -0.2) is 31.9 Å². The molecule has 0 saturated carbocycles. The van der Waals surface area contributed by atoms with Crippen LogP contribution in [0.3, 0.4) is 0 Å². The van der Waals surface area contributed by atoms with Crippen molar-refractivity contribution in [1.82, 2.24) is 19.9 Å². The Morgan fingerprint density at radius 2 is 1.89 bits per heavy atom. The Morgan fingerprint density at radius 1 is 1.11 bits per heavy atom. The van der Waals surface area contributed by atoms with Gasteiger partial charge >= 0.3 is 6.09 Å². The van der Waals surface area contributed by atoms with Gasteiger partial charge in [0.2, 0.25) is 10.0 Å². The van der Waals surface area contributed by atoms with E-state index in [4.69, 9.17) is 14.2 Å². The van der Waals surface area contributed by atoms with Crippen molar-refractivity contribution in [3.05, 3.63) is 66.2 Å². The van der Waals surface area contributed by atoms with Crippen LogP contribution in [0.2, 0.25) is 25.7 Å². The van der Waals surface area contributed by atoms with Gasteiger partial charge in [0.25, 0.3) is 0 Å². The van der Waals surface area contributed by atoms with Gasteiger partial charge in [-0.2, -0.15) is 0 Å². The first-order valence-electron chi connectivity index (χ1n) is 18.7. The van der Waals surface area contributed by atoms with E-state index in [2.05, 4.69) is 44.7 Å². The Morgan fingerprint density at radius 3 is 2.60 bits per heavy atom. The SMILES string of the molecule is COCN(c1ccc(-c2cc3c(N4CCOCC4)ncnc3n2COCC[Si](C)(C)C)c(F)c1)S(=O)(=O)C(C)c1cccc(N2CCC[C@@H](NC(=O)O)C2)c1. The molecule has 4 heterocycles. The molecule has 6 rings (SSSR count). The van der Waals surface area contributed by atoms with Crippen molar-refractivity contribution in [3.8, 4) is 11.3 Å². The lowest BCUT2D eigenvalue weighted by Gasteiger charge is -2.34. The Kier molecular flexibility index (Phi) is 12.7. The minimum atomic E-state index is -4.13. The van der Waals surface area contributed by atoms with E-state index in [1.807, 2.05) is 22.8 Å². The van der Waals surface area contributed by atoms with Gasteiger partial charge in [0.05, 0.1) is 30.0 Å². The number of nitrogens with zero attached hydrogens (tertiary/aromatic N) is 6. The van der Waals surface area contributed by atoms with E-state index in [9.17, 15) is 18.3 Å². The Balaban J connectivity index is 1.31. The quantitative estimate of drug-likeness (QED) is 0.0813. The number of nitrogens with one attached hydrogen (secondary N) is 1. The van der Waals surface area contributed by atoms with Gasteiger partial charge in [-0.3, -0.25) is 0 Å². The summed E-state index contributed by atoms with van der Waals surface area (Å²) in [5, 5.41) is 11.5. The van der Waals surface area contributed by atoms with Crippen molar-refractivity contribution >= 4 is 52.4 Å². The second-order valence-corrected chi connectivity index (χ2v) is 23.1. The average Bonchev–Trinajstić information content (AvgIpc) is 3.53. The van der Waals surface area contributed by atoms with E-state index < -0.39 is 35.3 Å². The number of piperidine rings is 1. The first kappa shape index (κ1) is 40.4. The molecule has 2 N–H and O–H groups in total. The fourth-order valence-electron chi connectivity index (χ4n) is 7.09. The van der Waals surface area contributed by atoms with Crippen molar-refractivity contribution in [1.29, 1.82) is 0 Å². The molecule has 2 aromatic heterocycles. The van der Waals surface area contributed by atoms with Crippen molar-refractivity contribution in [3.63, 3.8) is 0 Å². The minimum Gasteiger partial charge on any atom is -0.465 e. The summed E-state index contributed by atoms with van der Waals surface area (Å²) in [5.41, 5.74) is 2.86. The highest BCUT2D eigenvalue weighted by molar-refractivity contribution is 7.93. The first-order chi connectivity index (χ1) is 26.3. The van der Waals surface area contributed by atoms with Crippen LogP contribution in [-0.4, -0.2) is 108 Å². The number of carboxylic acid groups (broad SMARTS) is 1. The number of sulfonamides is 1. The molecule has 2 saturated heterocycles. The lowest BCUT2D eigenvalue weighted by molar-refractivity contribution is 0.0908. The number of hydrogen-bond acceptors (Lipinski definition) is 10. The molecule has 1 amide bonds. The predicted molar refractivity (Wildman–Crippen MR) is 215 cm³/mol. The molecule has 17 heteroatoms. The van der Waals surface area contributed by atoms with Gasteiger partial charge in [0.1, 0.15) is 42.3 Å². The molecule has 2 aromatic carbocycles. The lowest BCUT2D eigenvalue weighted by Crippen LogP contribution is -2.47. The molecular formula is C38H52FN7O7SSi. The molecule has 14 nitrogen and oxygen atoms in total. The van der Waals surface area contributed by atoms with Crippen LogP contribution in [0.25, 0.3) is 22.3 Å². The second kappa shape index (κ2) is 17.2. The Labute approximate surface area is 323 Å². The molecule has 2 fully saturated rings. The van der Waals surface area contributed by atoms with E-state index in [-0.39, 0.29) is 30.8 Å². The van der Waals surface area contributed by atoms with Crippen molar-refractivity contribution < 1.29 is 36.9 Å². The zero-order valence-electron chi connectivity index (χ0n) is 32.2. The predicted octanol–water partition coefficient (Wildman–Crippen LogP) is 6.12. The summed E-state index contributed by atoms with van der Waals surface area (Å²) >= 11 is 0. The highest BCUT2D eigenvalue weighted by atomic mass is 32.2. The van der Waals surface area contributed by atoms with Crippen LogP contribution in [0.4, 0.5) is 26.4 Å². The maximum Gasteiger partial charge on any atom is 0.404 e. The maximum atomic E-state index is 16.5. The second-order valence-electron chi connectivity index (χ2n) is 15.3.